The van der Waals surface area contributed by atoms with Gasteiger partial charge in [-0.1, -0.05) is 376 Å². The van der Waals surface area contributed by atoms with Crippen LogP contribution in [0.1, 0.15) is 134 Å². The Hall–Kier alpha value is -16.0. The Balaban J connectivity index is 0.0000000897. The molecule has 12 aliphatic rings. The first-order valence-corrected chi connectivity index (χ1v) is 48.4. The van der Waals surface area contributed by atoms with Crippen molar-refractivity contribution in [1.29, 1.82) is 0 Å². The molecule has 4 spiro atoms. The smallest absolute Gasteiger partial charge is 0.537 e. The number of rotatable bonds is 6. The second-order valence-electron chi connectivity index (χ2n) is 38.9. The van der Waals surface area contributed by atoms with Crippen molar-refractivity contribution in [2.45, 2.75) is 47.3 Å². The average molecular weight is 1790 g/mol. The third kappa shape index (κ3) is 10.5. The molecule has 0 aromatic heterocycles. The molecule has 0 unspecified atom stereocenters. The molecule has 2 radical (unpaired) electrons. The molecule has 654 valence electrons. The molecule has 0 aliphatic heterocycles. The molecule has 0 bridgehead atoms. The lowest BCUT2D eigenvalue weighted by atomic mass is 9.70. The highest BCUT2D eigenvalue weighted by Gasteiger charge is 2.58. The maximum atomic E-state index is 10.1. The van der Waals surface area contributed by atoms with E-state index in [1.807, 2.05) is 30.3 Å². The molecule has 0 atom stereocenters. The summed E-state index contributed by atoms with van der Waals surface area (Å²) in [6.45, 7) is 0. The molecule has 12 heteroatoms. The van der Waals surface area contributed by atoms with Gasteiger partial charge in [-0.15, -0.1) is 0 Å². The zero-order chi connectivity index (χ0) is 92.9. The molecule has 20 aromatic carbocycles. The molecule has 0 saturated heterocycles. The molecular weight excluding hydrogens is 1710 g/mol. The summed E-state index contributed by atoms with van der Waals surface area (Å²) in [6, 6.07) is 149. The normalized spacial score (nSPS) is 14.6. The fraction of sp³-hybridized carbons (Fsp3) is 0.0625. The SMILES string of the molecule is OB(O)c1cccc2c1Cc1cc3c(cc1-2)C1(c2ccccc2-c2ccccc21)c1ccccc1-3.O[B]Oc1c2c(cc3c1-c1ccccc1C31c3ccccc3-c3ccccc31)-c1cccc(B(O)O)c1C2.O[B]Oc1c2c(cc3c1-c1ccccc1C31c3ccccc3-c3ccccc31)-c1ccccc1C2.c1ccc2c(c1)Cc1cc3c(cc1-2)C1(c2ccccc2-c2ccccc21)c1ccccc1-3. The van der Waals surface area contributed by atoms with Crippen molar-refractivity contribution in [3.05, 3.63) is 546 Å². The number of fused-ring (bicyclic) bond motifs is 52. The molecule has 6 N–H and O–H groups in total. The van der Waals surface area contributed by atoms with Gasteiger partial charge in [0.15, 0.2) is 0 Å². The molecule has 12 aliphatic carbocycles. The van der Waals surface area contributed by atoms with Crippen molar-refractivity contribution in [2.24, 2.45) is 0 Å². The Bertz CT molecular complexity index is 8690. The first kappa shape index (κ1) is 81.2. The predicted octanol–water partition coefficient (Wildman–Crippen LogP) is 23.6. The van der Waals surface area contributed by atoms with Crippen LogP contribution in [0.15, 0.2) is 413 Å². The van der Waals surface area contributed by atoms with E-state index in [1.165, 1.54) is 206 Å². The van der Waals surface area contributed by atoms with E-state index in [0.717, 1.165) is 95.2 Å². The fourth-order valence-electron chi connectivity index (χ4n) is 28.1. The van der Waals surface area contributed by atoms with Crippen molar-refractivity contribution >= 4 is 40.5 Å². The fourth-order valence-corrected chi connectivity index (χ4v) is 28.1. The van der Waals surface area contributed by atoms with Gasteiger partial charge in [-0.2, -0.15) is 0 Å². The quantitative estimate of drug-likeness (QED) is 0.0905. The van der Waals surface area contributed by atoms with Gasteiger partial charge in [-0.25, -0.2) is 0 Å². The van der Waals surface area contributed by atoms with Crippen LogP contribution in [0.25, 0.3) is 134 Å². The zero-order valence-electron chi connectivity index (χ0n) is 75.9. The average Bonchev–Trinajstić information content (AvgIpc) is 1.50. The van der Waals surface area contributed by atoms with Gasteiger partial charge in [-0.05, 0) is 305 Å². The Morgan fingerprint density at radius 2 is 0.407 bits per heavy atom. The van der Waals surface area contributed by atoms with Crippen LogP contribution < -0.4 is 20.2 Å². The van der Waals surface area contributed by atoms with E-state index in [0.29, 0.717) is 29.5 Å². The topological polar surface area (TPSA) is 140 Å². The Morgan fingerprint density at radius 1 is 0.179 bits per heavy atom. The van der Waals surface area contributed by atoms with E-state index in [1.54, 1.807) is 6.07 Å². The van der Waals surface area contributed by atoms with Crippen LogP contribution in [-0.2, 0) is 47.3 Å². The summed E-state index contributed by atoms with van der Waals surface area (Å²) < 4.78 is 12.0. The summed E-state index contributed by atoms with van der Waals surface area (Å²) in [6.07, 6.45) is 3.02. The highest BCUT2D eigenvalue weighted by atomic mass is 16.5. The standard InChI is InChI=1S/C32H21B2O4.C32H21BO2.C32H20BO2.C32H20/c35-33-38-31-24-16-23-18(11-7-15-29(23)34(36)37)22(24)17-28-30(31)21-10-3-6-14-27(21)32(28)25-12-4-1-8-19(25)20-9-2-5-13-26(20)32;34-33(35)31-15-7-11-20-24-18-30-25(16-19(24)17-26(20)31)23-10-3-6-14-29(23)32(30)27-12-4-1-8-21(27)22-9-2-5-13-28(22)32;34-33-35-31-25-17-19-9-1-2-10-20(19)24(25)18-29-30(31)23-13-5-8-16-28(23)32(29)26-14-6-3-11-21(26)22-12-4-7-15-27(22)32;1-2-10-22-20(9-1)17-21-18-27-25-13-5-8-16-30(25)32(31(27)19-26(21)22)28-14-6-3-11-23(28)24-12-4-7-15-29(24)32/h1-15,17,35-37H,16H2;1-16,18,34-35H,17H2;1-16,18,34H,17H2;1-16,18-19H,17H2. The second-order valence-corrected chi connectivity index (χ2v) is 38.9. The summed E-state index contributed by atoms with van der Waals surface area (Å²) in [4.78, 5) is 0. The summed E-state index contributed by atoms with van der Waals surface area (Å²) in [5, 5.41) is 60.0. The lowest BCUT2D eigenvalue weighted by Gasteiger charge is -2.31. The number of hydrogen-bond acceptors (Lipinski definition) is 8. The summed E-state index contributed by atoms with van der Waals surface area (Å²) in [5.41, 5.74) is 59.3. The molecule has 32 rings (SSSR count). The Kier molecular flexibility index (Phi) is 17.6. The van der Waals surface area contributed by atoms with Crippen LogP contribution in [0.2, 0.25) is 0 Å². The second kappa shape index (κ2) is 30.3. The Labute approximate surface area is 812 Å². The van der Waals surface area contributed by atoms with Gasteiger partial charge >= 0.3 is 29.6 Å². The lowest BCUT2D eigenvalue weighted by molar-refractivity contribution is 0.424. The third-order valence-corrected chi connectivity index (χ3v) is 33.1. The Morgan fingerprint density at radius 3 is 0.750 bits per heavy atom. The molecule has 0 heterocycles. The van der Waals surface area contributed by atoms with Crippen molar-refractivity contribution in [1.82, 2.24) is 0 Å². The van der Waals surface area contributed by atoms with Crippen LogP contribution in [0, 0.1) is 0 Å². The first-order chi connectivity index (χ1) is 69.1. The van der Waals surface area contributed by atoms with E-state index in [-0.39, 0.29) is 10.8 Å². The van der Waals surface area contributed by atoms with Crippen molar-refractivity contribution < 1.29 is 39.5 Å². The van der Waals surface area contributed by atoms with Crippen LogP contribution >= 0.6 is 0 Å². The number of hydrogen-bond donors (Lipinski definition) is 6. The van der Waals surface area contributed by atoms with E-state index in [9.17, 15) is 30.1 Å². The van der Waals surface area contributed by atoms with Crippen LogP contribution in [0.4, 0.5) is 0 Å². The van der Waals surface area contributed by atoms with Gasteiger partial charge in [0.2, 0.25) is 0 Å². The summed E-state index contributed by atoms with van der Waals surface area (Å²) in [5.74, 6) is 1.38. The van der Waals surface area contributed by atoms with E-state index >= 15 is 0 Å². The molecule has 0 saturated carbocycles. The largest absolute Gasteiger partial charge is 0.569 e. The molecule has 8 nitrogen and oxygen atoms in total. The molecule has 140 heavy (non-hydrogen) atoms. The summed E-state index contributed by atoms with van der Waals surface area (Å²) >= 11 is 0. The van der Waals surface area contributed by atoms with Gasteiger partial charge < -0.3 is 39.5 Å². The van der Waals surface area contributed by atoms with E-state index in [2.05, 4.69) is 376 Å². The van der Waals surface area contributed by atoms with Crippen LogP contribution in [0.5, 0.6) is 11.5 Å². The maximum absolute atomic E-state index is 10.1. The maximum Gasteiger partial charge on any atom is 0.569 e. The van der Waals surface area contributed by atoms with Crippen molar-refractivity contribution in [3.8, 4) is 145 Å². The van der Waals surface area contributed by atoms with Crippen molar-refractivity contribution in [2.75, 3.05) is 0 Å². The molecular formula is C128H82B4O8. The molecule has 20 aromatic rings. The van der Waals surface area contributed by atoms with Crippen LogP contribution in [0.3, 0.4) is 0 Å². The highest BCUT2D eigenvalue weighted by molar-refractivity contribution is 6.60. The third-order valence-electron chi connectivity index (χ3n) is 33.1. The van der Waals surface area contributed by atoms with E-state index in [4.69, 9.17) is 9.31 Å². The van der Waals surface area contributed by atoms with Gasteiger partial charge in [0.25, 0.3) is 0 Å². The minimum Gasteiger partial charge on any atom is -0.537 e. The predicted molar refractivity (Wildman–Crippen MR) is 561 cm³/mol. The monoisotopic (exact) mass is 1790 g/mol. The minimum absolute atomic E-state index is 0.244. The van der Waals surface area contributed by atoms with Gasteiger partial charge in [0, 0.05) is 35.1 Å². The lowest BCUT2D eigenvalue weighted by Crippen LogP contribution is -2.32. The highest BCUT2D eigenvalue weighted by Crippen LogP contribution is 2.71. The zero-order valence-corrected chi connectivity index (χ0v) is 75.9. The van der Waals surface area contributed by atoms with Gasteiger partial charge in [-0.3, -0.25) is 0 Å². The summed E-state index contributed by atoms with van der Waals surface area (Å²) in [7, 11) is -1.44. The van der Waals surface area contributed by atoms with E-state index < -0.39 is 25.1 Å². The van der Waals surface area contributed by atoms with Gasteiger partial charge in [0.05, 0.1) is 21.7 Å². The molecule has 0 amide bonds. The first-order valence-electron chi connectivity index (χ1n) is 48.4. The minimum atomic E-state index is -1.57. The molecule has 0 fully saturated rings. The van der Waals surface area contributed by atoms with Gasteiger partial charge in [0.1, 0.15) is 11.5 Å². The number of benzene rings is 20. The van der Waals surface area contributed by atoms with Crippen molar-refractivity contribution in [3.63, 3.8) is 0 Å². The van der Waals surface area contributed by atoms with Crippen LogP contribution in [-0.4, -0.2) is 59.8 Å².